The number of hydrogen-bond acceptors (Lipinski definition) is 6. The number of methoxy groups -OCH3 is 1. The van der Waals surface area contributed by atoms with Crippen LogP contribution in [0.5, 0.6) is 0 Å². The number of carbonyl (C=O) groups excluding carboxylic acids is 1. The van der Waals surface area contributed by atoms with Crippen molar-refractivity contribution >= 4 is 11.7 Å². The van der Waals surface area contributed by atoms with Crippen LogP contribution in [0.2, 0.25) is 0 Å². The van der Waals surface area contributed by atoms with Gasteiger partial charge in [0.2, 0.25) is 0 Å². The van der Waals surface area contributed by atoms with Gasteiger partial charge >= 0.3 is 6.03 Å². The van der Waals surface area contributed by atoms with Crippen LogP contribution in [0.1, 0.15) is 5.69 Å². The second-order valence-corrected chi connectivity index (χ2v) is 5.79. The van der Waals surface area contributed by atoms with Crippen molar-refractivity contribution in [1.82, 2.24) is 20.3 Å². The molecule has 3 N–H and O–H groups in total. The molecule has 1 aliphatic rings. The fraction of sp³-hybridized carbons (Fsp3) is 0.438. The minimum absolute atomic E-state index is 0.153. The minimum Gasteiger partial charge on any atom is -0.388 e. The van der Waals surface area contributed by atoms with Crippen molar-refractivity contribution in [2.45, 2.75) is 31.4 Å². The highest BCUT2D eigenvalue weighted by Gasteiger charge is 2.37. The molecule has 9 heteroatoms. The van der Waals surface area contributed by atoms with E-state index in [0.29, 0.717) is 24.5 Å². The number of urea groups is 1. The maximum Gasteiger partial charge on any atom is 0.319 e. The summed E-state index contributed by atoms with van der Waals surface area (Å²) >= 11 is 0. The Hall–Kier alpha value is -2.49. The lowest BCUT2D eigenvalue weighted by atomic mass is 10.1. The van der Waals surface area contributed by atoms with E-state index in [1.165, 1.54) is 0 Å². The largest absolute Gasteiger partial charge is 0.388 e. The van der Waals surface area contributed by atoms with Gasteiger partial charge in [-0.15, -0.1) is 5.10 Å². The predicted molar refractivity (Wildman–Crippen MR) is 88.9 cm³/mol. The number of amides is 2. The number of para-hydroxylation sites is 1. The molecule has 1 aromatic carbocycles. The zero-order chi connectivity index (χ0) is 17.6. The van der Waals surface area contributed by atoms with Crippen molar-refractivity contribution in [3.8, 4) is 0 Å². The molecule has 0 unspecified atom stereocenters. The molecule has 1 aliphatic heterocycles. The summed E-state index contributed by atoms with van der Waals surface area (Å²) in [5.41, 5.74) is 1.37. The van der Waals surface area contributed by atoms with Gasteiger partial charge in [-0.3, -0.25) is 0 Å². The molecule has 134 valence electrons. The number of nitrogens with zero attached hydrogens (tertiary/aromatic N) is 3. The van der Waals surface area contributed by atoms with E-state index in [0.717, 1.165) is 0 Å². The summed E-state index contributed by atoms with van der Waals surface area (Å²) in [5.74, 6) is 0. The molecule has 3 rings (SSSR count). The smallest absolute Gasteiger partial charge is 0.319 e. The Bertz CT molecular complexity index is 693. The SMILES string of the molecule is COCc1cn(C[C@H]2OC[C@H](O)[C@H]2NC(=O)Nc2ccccc2)nn1. The van der Waals surface area contributed by atoms with E-state index in [2.05, 4.69) is 20.9 Å². The zero-order valence-corrected chi connectivity index (χ0v) is 13.8. The van der Waals surface area contributed by atoms with Crippen molar-refractivity contribution in [2.75, 3.05) is 19.0 Å². The van der Waals surface area contributed by atoms with Crippen LogP contribution < -0.4 is 10.6 Å². The number of anilines is 1. The van der Waals surface area contributed by atoms with Crippen molar-refractivity contribution in [1.29, 1.82) is 0 Å². The molecule has 0 aliphatic carbocycles. The molecule has 2 heterocycles. The summed E-state index contributed by atoms with van der Waals surface area (Å²) in [5, 5.41) is 23.6. The molecule has 9 nitrogen and oxygen atoms in total. The summed E-state index contributed by atoms with van der Waals surface area (Å²) in [6.45, 7) is 0.889. The number of carbonyl (C=O) groups is 1. The fourth-order valence-corrected chi connectivity index (χ4v) is 2.70. The molecule has 1 fully saturated rings. The summed E-state index contributed by atoms with van der Waals surface area (Å²) < 4.78 is 12.2. The minimum atomic E-state index is -0.784. The Labute approximate surface area is 144 Å². The number of aromatic nitrogens is 3. The molecule has 1 saturated heterocycles. The Morgan fingerprint density at radius 3 is 3.00 bits per heavy atom. The van der Waals surface area contributed by atoms with Crippen LogP contribution in [-0.2, 0) is 22.6 Å². The van der Waals surface area contributed by atoms with Gasteiger partial charge in [-0.05, 0) is 12.1 Å². The summed E-state index contributed by atoms with van der Waals surface area (Å²) in [4.78, 5) is 12.2. The average Bonchev–Trinajstić information content (AvgIpc) is 3.18. The molecule has 2 aromatic rings. The van der Waals surface area contributed by atoms with Gasteiger partial charge in [0.05, 0.1) is 32.0 Å². The molecule has 2 amide bonds. The van der Waals surface area contributed by atoms with E-state index in [4.69, 9.17) is 9.47 Å². The van der Waals surface area contributed by atoms with E-state index in [9.17, 15) is 9.90 Å². The quantitative estimate of drug-likeness (QED) is 0.696. The third kappa shape index (κ3) is 4.53. The molecule has 0 bridgehead atoms. The lowest BCUT2D eigenvalue weighted by Gasteiger charge is -2.21. The lowest BCUT2D eigenvalue weighted by Crippen LogP contribution is -2.49. The van der Waals surface area contributed by atoms with Crippen molar-refractivity contribution in [3.63, 3.8) is 0 Å². The molecule has 25 heavy (non-hydrogen) atoms. The Morgan fingerprint density at radius 2 is 2.24 bits per heavy atom. The van der Waals surface area contributed by atoms with Gasteiger partial charge in [0.1, 0.15) is 17.9 Å². The first-order chi connectivity index (χ1) is 12.2. The Morgan fingerprint density at radius 1 is 1.44 bits per heavy atom. The van der Waals surface area contributed by atoms with E-state index in [1.807, 2.05) is 18.2 Å². The maximum absolute atomic E-state index is 12.2. The normalized spacial score (nSPS) is 22.7. The number of rotatable bonds is 6. The zero-order valence-electron chi connectivity index (χ0n) is 13.8. The standard InChI is InChI=1S/C16H21N5O4/c1-24-9-12-7-21(20-19-12)8-14-15(13(22)10-25-14)18-16(23)17-11-5-3-2-4-6-11/h2-7,13-15,22H,8-10H2,1H3,(H2,17,18,23)/t13-,14+,15+/m0/s1. The van der Waals surface area contributed by atoms with Crippen LogP contribution in [0.3, 0.4) is 0 Å². The van der Waals surface area contributed by atoms with E-state index in [-0.39, 0.29) is 6.61 Å². The second-order valence-electron chi connectivity index (χ2n) is 5.79. The van der Waals surface area contributed by atoms with Gasteiger partial charge in [0.15, 0.2) is 0 Å². The van der Waals surface area contributed by atoms with Gasteiger partial charge in [-0.25, -0.2) is 9.48 Å². The number of hydrogen-bond donors (Lipinski definition) is 3. The maximum atomic E-state index is 12.2. The van der Waals surface area contributed by atoms with Crippen LogP contribution in [0.4, 0.5) is 10.5 Å². The van der Waals surface area contributed by atoms with E-state index < -0.39 is 24.3 Å². The van der Waals surface area contributed by atoms with Crippen molar-refractivity contribution in [2.24, 2.45) is 0 Å². The molecule has 1 aromatic heterocycles. The van der Waals surface area contributed by atoms with Crippen LogP contribution in [-0.4, -0.2) is 58.1 Å². The Kier molecular flexibility index (Phi) is 5.59. The first-order valence-corrected chi connectivity index (χ1v) is 7.96. The number of benzene rings is 1. The van der Waals surface area contributed by atoms with Gasteiger partial charge < -0.3 is 25.2 Å². The predicted octanol–water partition coefficient (Wildman–Crippen LogP) is 0.374. The molecule has 0 radical (unpaired) electrons. The Balaban J connectivity index is 1.59. The highest BCUT2D eigenvalue weighted by Crippen LogP contribution is 2.17. The van der Waals surface area contributed by atoms with Crippen molar-refractivity contribution < 1.29 is 19.4 Å². The molecule has 0 spiro atoms. The monoisotopic (exact) mass is 347 g/mol. The van der Waals surface area contributed by atoms with Crippen LogP contribution >= 0.6 is 0 Å². The number of aliphatic hydroxyl groups excluding tert-OH is 1. The van der Waals surface area contributed by atoms with Crippen LogP contribution in [0.15, 0.2) is 36.5 Å². The van der Waals surface area contributed by atoms with Gasteiger partial charge in [0, 0.05) is 12.8 Å². The van der Waals surface area contributed by atoms with Crippen LogP contribution in [0, 0.1) is 0 Å². The molecule has 0 saturated carbocycles. The topological polar surface area (TPSA) is 111 Å². The summed E-state index contributed by atoms with van der Waals surface area (Å²) in [6, 6.07) is 8.14. The average molecular weight is 347 g/mol. The second kappa shape index (κ2) is 8.06. The summed E-state index contributed by atoms with van der Waals surface area (Å²) in [6.07, 6.45) is 0.556. The lowest BCUT2D eigenvalue weighted by molar-refractivity contribution is 0.0748. The van der Waals surface area contributed by atoms with Gasteiger partial charge in [0.25, 0.3) is 0 Å². The third-order valence-electron chi connectivity index (χ3n) is 3.87. The van der Waals surface area contributed by atoms with Crippen LogP contribution in [0.25, 0.3) is 0 Å². The third-order valence-corrected chi connectivity index (χ3v) is 3.87. The summed E-state index contributed by atoms with van der Waals surface area (Å²) in [7, 11) is 1.58. The van der Waals surface area contributed by atoms with E-state index >= 15 is 0 Å². The first-order valence-electron chi connectivity index (χ1n) is 7.96. The molecule has 3 atom stereocenters. The highest BCUT2D eigenvalue weighted by molar-refractivity contribution is 5.89. The van der Waals surface area contributed by atoms with E-state index in [1.54, 1.807) is 30.1 Å². The fourth-order valence-electron chi connectivity index (χ4n) is 2.70. The highest BCUT2D eigenvalue weighted by atomic mass is 16.5. The molecular weight excluding hydrogens is 326 g/mol. The number of aliphatic hydroxyl groups is 1. The van der Waals surface area contributed by atoms with Gasteiger partial charge in [-0.2, -0.15) is 0 Å². The van der Waals surface area contributed by atoms with Gasteiger partial charge in [-0.1, -0.05) is 23.4 Å². The number of ether oxygens (including phenoxy) is 2. The number of nitrogens with one attached hydrogen (secondary N) is 2. The van der Waals surface area contributed by atoms with Crippen molar-refractivity contribution in [3.05, 3.63) is 42.2 Å². The molecular formula is C16H21N5O4. The first kappa shape index (κ1) is 17.3.